The van der Waals surface area contributed by atoms with Crippen LogP contribution in [0.25, 0.3) is 11.3 Å². The number of aryl methyl sites for hydroxylation is 1. The Morgan fingerprint density at radius 1 is 1.00 bits per heavy atom. The van der Waals surface area contributed by atoms with Crippen molar-refractivity contribution in [1.82, 2.24) is 4.98 Å². The van der Waals surface area contributed by atoms with Crippen molar-refractivity contribution in [3.8, 4) is 11.3 Å². The minimum atomic E-state index is -0.0368. The molecule has 0 radical (unpaired) electrons. The van der Waals surface area contributed by atoms with Crippen LogP contribution in [0.5, 0.6) is 0 Å². The largest absolute Gasteiger partial charge is 0.240 e. The van der Waals surface area contributed by atoms with E-state index in [1.165, 1.54) is 5.56 Å². The molecule has 0 saturated heterocycles. The van der Waals surface area contributed by atoms with E-state index in [1.807, 2.05) is 30.3 Å². The first kappa shape index (κ1) is 16.4. The van der Waals surface area contributed by atoms with Crippen molar-refractivity contribution in [3.05, 3.63) is 73.0 Å². The topological polar surface area (TPSA) is 12.9 Å². The summed E-state index contributed by atoms with van der Waals surface area (Å²) in [6.45, 7) is 2.09. The van der Waals surface area contributed by atoms with Crippen LogP contribution in [0.3, 0.4) is 0 Å². The Labute approximate surface area is 160 Å². The Morgan fingerprint density at radius 2 is 1.75 bits per heavy atom. The first-order valence-corrected chi connectivity index (χ1v) is 9.65. The van der Waals surface area contributed by atoms with Gasteiger partial charge in [-0.1, -0.05) is 53.0 Å². The highest BCUT2D eigenvalue weighted by Crippen LogP contribution is 2.57. The lowest BCUT2D eigenvalue weighted by molar-refractivity contribution is 0.834. The number of hydrogen-bond donors (Lipinski definition) is 0. The molecule has 1 fully saturated rings. The first-order valence-electron chi connectivity index (χ1n) is 7.69. The normalized spacial score (nSPS) is 15.5. The summed E-state index contributed by atoms with van der Waals surface area (Å²) < 4.78 is 0. The summed E-state index contributed by atoms with van der Waals surface area (Å²) in [5.41, 5.74) is 3.01. The van der Waals surface area contributed by atoms with Crippen LogP contribution in [0.1, 0.15) is 28.3 Å². The quantitative estimate of drug-likeness (QED) is 0.459. The summed E-state index contributed by atoms with van der Waals surface area (Å²) in [6, 6.07) is 13.6. The third-order valence-corrected chi connectivity index (χ3v) is 6.58. The molecule has 0 N–H and O–H groups in total. The molecule has 0 spiro atoms. The van der Waals surface area contributed by atoms with Crippen LogP contribution in [0.15, 0.2) is 42.5 Å². The Bertz CT molecular complexity index is 928. The first-order chi connectivity index (χ1) is 11.5. The maximum Gasteiger partial charge on any atom is 0.104 e. The molecule has 1 aliphatic rings. The van der Waals surface area contributed by atoms with Crippen molar-refractivity contribution >= 4 is 46.1 Å². The van der Waals surface area contributed by atoms with Crippen LogP contribution in [0.4, 0.5) is 0 Å². The van der Waals surface area contributed by atoms with Crippen LogP contribution in [-0.2, 0) is 5.41 Å². The van der Waals surface area contributed by atoms with Gasteiger partial charge in [0.25, 0.3) is 0 Å². The number of hydrogen-bond acceptors (Lipinski definition) is 2. The van der Waals surface area contributed by atoms with E-state index in [2.05, 4.69) is 13.0 Å². The molecule has 0 amide bonds. The van der Waals surface area contributed by atoms with E-state index in [-0.39, 0.29) is 5.41 Å². The summed E-state index contributed by atoms with van der Waals surface area (Å²) in [5.74, 6) is 0. The smallest absolute Gasteiger partial charge is 0.104 e. The third-order valence-electron chi connectivity index (χ3n) is 4.53. The van der Waals surface area contributed by atoms with E-state index in [0.29, 0.717) is 10.0 Å². The average Bonchev–Trinajstić information content (AvgIpc) is 3.26. The minimum absolute atomic E-state index is 0.0368. The molecule has 1 aromatic heterocycles. The van der Waals surface area contributed by atoms with Crippen molar-refractivity contribution in [1.29, 1.82) is 0 Å². The van der Waals surface area contributed by atoms with Gasteiger partial charge in [-0.25, -0.2) is 4.98 Å². The Balaban J connectivity index is 1.81. The standard InChI is InChI=1S/C19H14Cl3NS/c1-11-17(13-7-6-12(20)10-16(13)22)23-18(24-11)19(8-9-19)14-4-2-3-5-15(14)21/h2-7,10H,8-9H2,1H3. The maximum atomic E-state index is 6.45. The van der Waals surface area contributed by atoms with Gasteiger partial charge in [0.2, 0.25) is 0 Å². The molecule has 5 heteroatoms. The summed E-state index contributed by atoms with van der Waals surface area (Å²) in [6.07, 6.45) is 2.16. The lowest BCUT2D eigenvalue weighted by atomic mass is 9.96. The number of rotatable bonds is 3. The molecule has 122 valence electrons. The van der Waals surface area contributed by atoms with E-state index in [1.54, 1.807) is 17.4 Å². The Kier molecular flexibility index (Phi) is 4.12. The van der Waals surface area contributed by atoms with Crippen molar-refractivity contribution < 1.29 is 0 Å². The molecule has 0 aliphatic heterocycles. The highest BCUT2D eigenvalue weighted by Gasteiger charge is 2.49. The van der Waals surface area contributed by atoms with Gasteiger partial charge in [0, 0.05) is 25.9 Å². The lowest BCUT2D eigenvalue weighted by Gasteiger charge is -2.14. The molecule has 4 rings (SSSR count). The van der Waals surface area contributed by atoms with Crippen molar-refractivity contribution in [2.75, 3.05) is 0 Å². The predicted molar refractivity (Wildman–Crippen MR) is 104 cm³/mol. The molecular formula is C19H14Cl3NS. The van der Waals surface area contributed by atoms with Gasteiger partial charge in [-0.3, -0.25) is 0 Å². The molecule has 24 heavy (non-hydrogen) atoms. The molecule has 3 aromatic rings. The second kappa shape index (κ2) is 6.03. The van der Waals surface area contributed by atoms with Gasteiger partial charge in [0.1, 0.15) is 5.01 Å². The number of thiazole rings is 1. The number of nitrogens with zero attached hydrogens (tertiary/aromatic N) is 1. The number of benzene rings is 2. The van der Waals surface area contributed by atoms with Crippen molar-refractivity contribution in [2.45, 2.75) is 25.2 Å². The average molecular weight is 395 g/mol. The van der Waals surface area contributed by atoms with E-state index in [4.69, 9.17) is 39.8 Å². The highest BCUT2D eigenvalue weighted by molar-refractivity contribution is 7.12. The molecule has 1 nitrogen and oxygen atoms in total. The van der Waals surface area contributed by atoms with E-state index in [0.717, 1.165) is 39.0 Å². The van der Waals surface area contributed by atoms with Crippen LogP contribution in [-0.4, -0.2) is 4.98 Å². The number of aromatic nitrogens is 1. The van der Waals surface area contributed by atoms with E-state index >= 15 is 0 Å². The minimum Gasteiger partial charge on any atom is -0.240 e. The molecule has 0 atom stereocenters. The van der Waals surface area contributed by atoms with Crippen molar-refractivity contribution in [3.63, 3.8) is 0 Å². The van der Waals surface area contributed by atoms with Crippen LogP contribution < -0.4 is 0 Å². The maximum absolute atomic E-state index is 6.45. The summed E-state index contributed by atoms with van der Waals surface area (Å²) >= 11 is 20.6. The second-order valence-electron chi connectivity index (χ2n) is 6.11. The van der Waals surface area contributed by atoms with Gasteiger partial charge in [-0.15, -0.1) is 11.3 Å². The zero-order valence-corrected chi connectivity index (χ0v) is 16.0. The second-order valence-corrected chi connectivity index (χ2v) is 8.56. The summed E-state index contributed by atoms with van der Waals surface area (Å²) in [7, 11) is 0. The Morgan fingerprint density at radius 3 is 2.42 bits per heavy atom. The van der Waals surface area contributed by atoms with Gasteiger partial charge >= 0.3 is 0 Å². The zero-order chi connectivity index (χ0) is 16.9. The zero-order valence-electron chi connectivity index (χ0n) is 12.9. The van der Waals surface area contributed by atoms with Gasteiger partial charge in [-0.05, 0) is 49.6 Å². The molecule has 1 heterocycles. The van der Waals surface area contributed by atoms with Gasteiger partial charge in [-0.2, -0.15) is 0 Å². The van der Waals surface area contributed by atoms with Crippen LogP contribution in [0, 0.1) is 6.92 Å². The molecular weight excluding hydrogens is 381 g/mol. The Hall–Kier alpha value is -1.06. The van der Waals surface area contributed by atoms with Crippen LogP contribution in [0.2, 0.25) is 15.1 Å². The molecule has 1 saturated carbocycles. The van der Waals surface area contributed by atoms with Gasteiger partial charge in [0.05, 0.1) is 10.7 Å². The third kappa shape index (κ3) is 2.66. The monoisotopic (exact) mass is 393 g/mol. The van der Waals surface area contributed by atoms with E-state index < -0.39 is 0 Å². The number of halogens is 3. The van der Waals surface area contributed by atoms with Gasteiger partial charge < -0.3 is 0 Å². The molecule has 0 bridgehead atoms. The highest BCUT2D eigenvalue weighted by atomic mass is 35.5. The molecule has 2 aromatic carbocycles. The summed E-state index contributed by atoms with van der Waals surface area (Å²) in [5, 5.41) is 3.19. The SMILES string of the molecule is Cc1sc(C2(c3ccccc3Cl)CC2)nc1-c1ccc(Cl)cc1Cl. The molecule has 1 aliphatic carbocycles. The fourth-order valence-electron chi connectivity index (χ4n) is 3.11. The fraction of sp³-hybridized carbons (Fsp3) is 0.211. The lowest BCUT2D eigenvalue weighted by Crippen LogP contribution is -2.08. The predicted octanol–water partition coefficient (Wildman–Crippen LogP) is 7.16. The van der Waals surface area contributed by atoms with Crippen LogP contribution >= 0.6 is 46.1 Å². The fourth-order valence-corrected chi connectivity index (χ4v) is 5.11. The van der Waals surface area contributed by atoms with E-state index in [9.17, 15) is 0 Å². The van der Waals surface area contributed by atoms with Crippen molar-refractivity contribution in [2.24, 2.45) is 0 Å². The van der Waals surface area contributed by atoms with Gasteiger partial charge in [0.15, 0.2) is 0 Å². The summed E-state index contributed by atoms with van der Waals surface area (Å²) in [4.78, 5) is 6.11. The molecule has 0 unspecified atom stereocenters.